The third-order valence-electron chi connectivity index (χ3n) is 1.75. The number of rotatable bonds is 1. The first-order valence-corrected chi connectivity index (χ1v) is 4.09. The highest BCUT2D eigenvalue weighted by Crippen LogP contribution is 2.08. The van der Waals surface area contributed by atoms with Crippen LogP contribution in [0.4, 0.5) is 0 Å². The van der Waals surface area contributed by atoms with Crippen LogP contribution in [0.15, 0.2) is 29.7 Å². The van der Waals surface area contributed by atoms with Gasteiger partial charge in [-0.3, -0.25) is 4.79 Å². The van der Waals surface area contributed by atoms with E-state index in [2.05, 4.69) is 19.9 Å². The van der Waals surface area contributed by atoms with E-state index in [9.17, 15) is 4.79 Å². The van der Waals surface area contributed by atoms with Crippen LogP contribution in [0.3, 0.4) is 0 Å². The van der Waals surface area contributed by atoms with Gasteiger partial charge >= 0.3 is 0 Å². The average molecular weight is 188 g/mol. The topological polar surface area (TPSA) is 71.5 Å². The number of nitrogens with zero attached hydrogens (tertiary/aromatic N) is 3. The molecule has 0 aliphatic heterocycles. The third kappa shape index (κ3) is 1.52. The summed E-state index contributed by atoms with van der Waals surface area (Å²) in [6, 6.07) is 0. The number of aromatic nitrogens is 4. The van der Waals surface area contributed by atoms with E-state index in [0.717, 1.165) is 5.69 Å². The van der Waals surface area contributed by atoms with Crippen LogP contribution in [0.1, 0.15) is 5.69 Å². The molecule has 0 fully saturated rings. The highest BCUT2D eigenvalue weighted by atomic mass is 16.1. The Morgan fingerprint density at radius 2 is 2.00 bits per heavy atom. The van der Waals surface area contributed by atoms with Gasteiger partial charge in [-0.2, -0.15) is 0 Å². The number of nitrogens with one attached hydrogen (secondary N) is 1. The van der Waals surface area contributed by atoms with Crippen molar-refractivity contribution >= 4 is 0 Å². The summed E-state index contributed by atoms with van der Waals surface area (Å²) in [4.78, 5) is 25.8. The quantitative estimate of drug-likeness (QED) is 0.708. The summed E-state index contributed by atoms with van der Waals surface area (Å²) in [6.07, 6.45) is 6.09. The van der Waals surface area contributed by atoms with Crippen LogP contribution in [0.5, 0.6) is 0 Å². The zero-order valence-corrected chi connectivity index (χ0v) is 7.56. The van der Waals surface area contributed by atoms with Crippen molar-refractivity contribution in [3.63, 3.8) is 0 Å². The summed E-state index contributed by atoms with van der Waals surface area (Å²) in [7, 11) is 0. The van der Waals surface area contributed by atoms with Crippen molar-refractivity contribution in [3.8, 4) is 11.3 Å². The van der Waals surface area contributed by atoms with Crippen molar-refractivity contribution in [2.75, 3.05) is 0 Å². The van der Waals surface area contributed by atoms with Crippen LogP contribution in [0.25, 0.3) is 11.3 Å². The minimum Gasteiger partial charge on any atom is -0.325 e. The lowest BCUT2D eigenvalue weighted by Gasteiger charge is -1.98. The maximum atomic E-state index is 11.4. The molecule has 0 aromatic carbocycles. The molecule has 0 radical (unpaired) electrons. The monoisotopic (exact) mass is 188 g/mol. The van der Waals surface area contributed by atoms with Crippen molar-refractivity contribution in [2.45, 2.75) is 6.92 Å². The van der Waals surface area contributed by atoms with Crippen LogP contribution < -0.4 is 5.56 Å². The van der Waals surface area contributed by atoms with Crippen LogP contribution in [-0.2, 0) is 0 Å². The summed E-state index contributed by atoms with van der Waals surface area (Å²) in [5.74, 6) is 0. The van der Waals surface area contributed by atoms with E-state index in [4.69, 9.17) is 0 Å². The maximum Gasteiger partial charge on any atom is 0.274 e. The zero-order chi connectivity index (χ0) is 9.97. The lowest BCUT2D eigenvalue weighted by molar-refractivity contribution is 1.07. The van der Waals surface area contributed by atoms with Gasteiger partial charge in [0, 0.05) is 24.2 Å². The van der Waals surface area contributed by atoms with Crippen molar-refractivity contribution < 1.29 is 0 Å². The second-order valence-electron chi connectivity index (χ2n) is 2.85. The molecule has 5 nitrogen and oxygen atoms in total. The molecule has 70 valence electrons. The molecule has 0 unspecified atom stereocenters. The van der Waals surface area contributed by atoms with Gasteiger partial charge in [-0.25, -0.2) is 15.0 Å². The Balaban J connectivity index is 2.63. The van der Waals surface area contributed by atoms with E-state index in [0.29, 0.717) is 11.3 Å². The van der Waals surface area contributed by atoms with E-state index >= 15 is 0 Å². The average Bonchev–Trinajstić information content (AvgIpc) is 2.23. The van der Waals surface area contributed by atoms with E-state index in [-0.39, 0.29) is 5.56 Å². The molecule has 2 heterocycles. The van der Waals surface area contributed by atoms with Crippen LogP contribution in [0, 0.1) is 6.92 Å². The largest absolute Gasteiger partial charge is 0.325 e. The smallest absolute Gasteiger partial charge is 0.274 e. The molecule has 0 atom stereocenters. The van der Waals surface area contributed by atoms with Gasteiger partial charge in [0.1, 0.15) is 12.0 Å². The molecule has 2 aromatic heterocycles. The number of hydrogen-bond acceptors (Lipinski definition) is 4. The number of H-pyrrole nitrogens is 1. The first kappa shape index (κ1) is 8.55. The number of aromatic amines is 1. The lowest BCUT2D eigenvalue weighted by atomic mass is 10.2. The Morgan fingerprint density at radius 3 is 2.71 bits per heavy atom. The molecule has 14 heavy (non-hydrogen) atoms. The van der Waals surface area contributed by atoms with Gasteiger partial charge in [-0.1, -0.05) is 0 Å². The van der Waals surface area contributed by atoms with Gasteiger partial charge < -0.3 is 4.98 Å². The molecule has 5 heteroatoms. The molecule has 0 amide bonds. The Bertz CT molecular complexity index is 492. The molecule has 0 aliphatic carbocycles. The fraction of sp³-hybridized carbons (Fsp3) is 0.111. The molecule has 0 saturated carbocycles. The van der Waals surface area contributed by atoms with E-state index in [1.165, 1.54) is 6.33 Å². The number of aryl methyl sites for hydroxylation is 1. The van der Waals surface area contributed by atoms with Crippen molar-refractivity contribution in [1.82, 2.24) is 19.9 Å². The lowest BCUT2D eigenvalue weighted by Crippen LogP contribution is -2.11. The first-order valence-electron chi connectivity index (χ1n) is 4.09. The fourth-order valence-electron chi connectivity index (χ4n) is 1.11. The highest BCUT2D eigenvalue weighted by molar-refractivity contribution is 5.54. The maximum absolute atomic E-state index is 11.4. The van der Waals surface area contributed by atoms with Crippen LogP contribution in [0.2, 0.25) is 0 Å². The zero-order valence-electron chi connectivity index (χ0n) is 7.56. The van der Waals surface area contributed by atoms with Crippen molar-refractivity contribution in [3.05, 3.63) is 41.0 Å². The summed E-state index contributed by atoms with van der Waals surface area (Å²) in [6.45, 7) is 1.81. The molecule has 0 spiro atoms. The second kappa shape index (κ2) is 3.37. The first-order chi connectivity index (χ1) is 6.77. The molecular weight excluding hydrogens is 180 g/mol. The Morgan fingerprint density at radius 1 is 1.29 bits per heavy atom. The molecule has 2 aromatic rings. The van der Waals surface area contributed by atoms with E-state index in [1.807, 2.05) is 6.92 Å². The molecule has 2 rings (SSSR count). The third-order valence-corrected chi connectivity index (χ3v) is 1.75. The van der Waals surface area contributed by atoms with Crippen LogP contribution in [-0.4, -0.2) is 19.9 Å². The van der Waals surface area contributed by atoms with Gasteiger partial charge in [0.15, 0.2) is 0 Å². The number of hydrogen-bond donors (Lipinski definition) is 1. The van der Waals surface area contributed by atoms with Gasteiger partial charge in [0.25, 0.3) is 5.56 Å². The van der Waals surface area contributed by atoms with E-state index in [1.54, 1.807) is 18.6 Å². The molecular formula is C9H8N4O. The molecule has 0 saturated heterocycles. The minimum absolute atomic E-state index is 0.231. The Hall–Kier alpha value is -2.04. The second-order valence-corrected chi connectivity index (χ2v) is 2.85. The summed E-state index contributed by atoms with van der Waals surface area (Å²) in [5.41, 5.74) is 1.50. The standard InChI is InChI=1S/C9H8N4O/c1-6-2-12-9(14)8(13-6)7-3-10-5-11-4-7/h2-5H,1H3,(H,12,14). The molecule has 1 N–H and O–H groups in total. The van der Waals surface area contributed by atoms with Crippen LogP contribution >= 0.6 is 0 Å². The molecule has 0 bridgehead atoms. The van der Waals surface area contributed by atoms with Gasteiger partial charge in [0.05, 0.1) is 5.69 Å². The van der Waals surface area contributed by atoms with Gasteiger partial charge in [-0.05, 0) is 6.92 Å². The summed E-state index contributed by atoms with van der Waals surface area (Å²) in [5, 5.41) is 0. The minimum atomic E-state index is -0.231. The molecule has 0 aliphatic rings. The Kier molecular flexibility index (Phi) is 2.06. The van der Waals surface area contributed by atoms with Gasteiger partial charge in [-0.15, -0.1) is 0 Å². The highest BCUT2D eigenvalue weighted by Gasteiger charge is 2.04. The summed E-state index contributed by atoms with van der Waals surface area (Å²) < 4.78 is 0. The normalized spacial score (nSPS) is 10.1. The SMILES string of the molecule is Cc1c[nH]c(=O)c(-c2cncnc2)n1. The van der Waals surface area contributed by atoms with Gasteiger partial charge in [0.2, 0.25) is 0 Å². The Labute approximate surface area is 79.9 Å². The van der Waals surface area contributed by atoms with Crippen molar-refractivity contribution in [1.29, 1.82) is 0 Å². The predicted octanol–water partition coefficient (Wildman–Crippen LogP) is 0.535. The fourth-order valence-corrected chi connectivity index (χ4v) is 1.11. The summed E-state index contributed by atoms with van der Waals surface area (Å²) >= 11 is 0. The predicted molar refractivity (Wildman–Crippen MR) is 50.6 cm³/mol. The van der Waals surface area contributed by atoms with E-state index < -0.39 is 0 Å². The van der Waals surface area contributed by atoms with Crippen molar-refractivity contribution in [2.24, 2.45) is 0 Å².